The Morgan fingerprint density at radius 2 is 0.768 bits per heavy atom. The molecule has 0 radical (unpaired) electrons. The van der Waals surface area contributed by atoms with Gasteiger partial charge >= 0.3 is 0 Å². The topological polar surface area (TPSA) is 35.9 Å². The second-order valence-corrected chi connectivity index (χ2v) is 27.1. The van der Waals surface area contributed by atoms with Crippen LogP contribution in [0.15, 0.2) is 334 Å². The number of ether oxygens (including phenoxy) is 1. The van der Waals surface area contributed by atoms with E-state index in [1.807, 2.05) is 12.3 Å². The van der Waals surface area contributed by atoms with Gasteiger partial charge < -0.3 is 4.74 Å². The largest absolute Gasteiger partial charge is 0.458 e. The van der Waals surface area contributed by atoms with E-state index in [0.29, 0.717) is 11.5 Å². The minimum atomic E-state index is -0.0725. The zero-order chi connectivity index (χ0) is 65.9. The Kier molecular flexibility index (Phi) is 13.4. The van der Waals surface area contributed by atoms with Gasteiger partial charge in [-0.05, 0) is 200 Å². The lowest BCUT2D eigenvalue weighted by atomic mass is 9.79. The second kappa shape index (κ2) is 23.0. The summed E-state index contributed by atoms with van der Waals surface area (Å²) in [6, 6.07) is 120. The number of para-hydroxylation sites is 3. The molecule has 2 aliphatic rings. The molecule has 99 heavy (non-hydrogen) atoms. The van der Waals surface area contributed by atoms with Gasteiger partial charge in [0.2, 0.25) is 0 Å². The van der Waals surface area contributed by atoms with Crippen LogP contribution in [-0.4, -0.2) is 14.1 Å². The van der Waals surface area contributed by atoms with Gasteiger partial charge in [0.15, 0.2) is 0 Å². The van der Waals surface area contributed by atoms with E-state index < -0.39 is 0 Å². The van der Waals surface area contributed by atoms with E-state index in [0.717, 1.165) is 77.8 Å². The molecular weight excluding hydrogens is 1200 g/mol. The van der Waals surface area contributed by atoms with Gasteiger partial charge in [-0.25, -0.2) is 4.98 Å². The van der Waals surface area contributed by atoms with Crippen molar-refractivity contribution in [3.05, 3.63) is 346 Å². The first kappa shape index (κ1) is 57.7. The zero-order valence-corrected chi connectivity index (χ0v) is 55.0. The fourth-order valence-electron chi connectivity index (χ4n) is 15.7. The quantitative estimate of drug-likeness (QED) is 0.112. The van der Waals surface area contributed by atoms with Crippen molar-refractivity contribution in [1.29, 1.82) is 0 Å². The molecule has 0 N–H and O–H groups in total. The molecule has 14 aromatic carbocycles. The van der Waals surface area contributed by atoms with E-state index in [-0.39, 0.29) is 5.41 Å². The normalized spacial score (nSPS) is 12.0. The summed E-state index contributed by atoms with van der Waals surface area (Å²) in [7, 11) is 0. The number of imidazole rings is 1. The summed E-state index contributed by atoms with van der Waals surface area (Å²) in [5.41, 5.74) is 33.1. The van der Waals surface area contributed by atoms with Crippen LogP contribution in [0.2, 0.25) is 0 Å². The Bertz CT molecular complexity index is 5920. The summed E-state index contributed by atoms with van der Waals surface area (Å²) in [6.07, 6.45) is 5.97. The lowest BCUT2D eigenvalue weighted by Gasteiger charge is -2.25. The minimum absolute atomic E-state index is 0.0725. The fraction of sp³-hybridized carbons (Fsp3) is 0.0426. The lowest BCUT2D eigenvalue weighted by molar-refractivity contribution is -0.571. The van der Waals surface area contributed by atoms with Crippen molar-refractivity contribution < 1.29 is 9.30 Å². The van der Waals surface area contributed by atoms with Crippen molar-refractivity contribution in [2.24, 2.45) is 0 Å². The monoisotopic (exact) mass is 1260 g/mol. The number of nitrogens with zero attached hydrogens (tertiary/aromatic N) is 4. The van der Waals surface area contributed by atoms with Crippen LogP contribution >= 0.6 is 0 Å². The lowest BCUT2D eigenvalue weighted by Crippen LogP contribution is -2.31. The molecule has 0 atom stereocenters. The first-order chi connectivity index (χ1) is 48.7. The summed E-state index contributed by atoms with van der Waals surface area (Å²) in [5, 5.41) is 2.27. The molecule has 19 rings (SSSR count). The predicted octanol–water partition coefficient (Wildman–Crippen LogP) is 24.3. The highest BCUT2D eigenvalue weighted by atomic mass is 16.5. The van der Waals surface area contributed by atoms with Crippen LogP contribution in [0.4, 0.5) is 0 Å². The molecular formula is C94H64N4O. The van der Waals surface area contributed by atoms with Crippen LogP contribution in [-0.2, 0) is 5.41 Å². The van der Waals surface area contributed by atoms with Crippen LogP contribution in [0, 0.1) is 6.33 Å². The van der Waals surface area contributed by atoms with Crippen LogP contribution in [0.1, 0.15) is 26.3 Å². The van der Waals surface area contributed by atoms with Crippen LogP contribution in [0.5, 0.6) is 11.5 Å². The average Bonchev–Trinajstić information content (AvgIpc) is 1.48. The number of hydrogen-bond acceptors (Lipinski definition) is 2. The maximum atomic E-state index is 7.05. The molecule has 0 saturated heterocycles. The Hall–Kier alpha value is -12.7. The molecule has 17 aromatic rings. The van der Waals surface area contributed by atoms with E-state index >= 15 is 0 Å². The molecule has 5 nitrogen and oxygen atoms in total. The number of aromatic nitrogens is 4. The average molecular weight is 1270 g/mol. The van der Waals surface area contributed by atoms with Gasteiger partial charge in [-0.1, -0.05) is 276 Å². The summed E-state index contributed by atoms with van der Waals surface area (Å²) in [5.74, 6) is 2.27. The molecule has 0 aliphatic heterocycles. The highest BCUT2D eigenvalue weighted by Crippen LogP contribution is 2.52. The predicted molar refractivity (Wildman–Crippen MR) is 408 cm³/mol. The highest BCUT2D eigenvalue weighted by Gasteiger charge is 2.28. The standard InChI is InChI=1S/C94H64N4O/c1-94(2,3)64-51-52-95-92(56-64)98-88-50-45-61(60-23-5-4-6-24-60)53-87(88)84-49-46-67(58-91(84)98)99-66-26-21-25-65(57-66)96-59-97(90-42-20-19-41-89(90)96)93-68(62-43-47-82-78-35-13-11-31-74(78)70-27-7-9-29-72(70)76-33-15-17-37-80(76)85(82)54-62)39-22-40-69(93)63-44-48-83-79-36-14-12-32-75(79)71-28-8-10-30-73(71)77-34-16-18-38-81(77)86(83)55-63/h4-58H,1-3H3. The Morgan fingerprint density at radius 1 is 0.313 bits per heavy atom. The SMILES string of the molecule is CC(C)(C)c1ccnc(-n2c3ccc(-c4ccccc4)cc3c3ccc(Oc4cccc(-n5[c-][n+](-c6c(-c7ccc8c(c7)-c7ccccc7-c7ccccc7-c7ccccc7-8)cccc6-c6ccc7c(c6)-c6ccccc6-c6ccccc6-c6ccccc6-7)c6ccccc65)c4)cc32)c1. The van der Waals surface area contributed by atoms with Crippen LogP contribution < -0.4 is 9.30 Å². The number of pyridine rings is 1. The van der Waals surface area contributed by atoms with Gasteiger partial charge in [-0.15, -0.1) is 0 Å². The molecule has 466 valence electrons. The summed E-state index contributed by atoms with van der Waals surface area (Å²) in [4.78, 5) is 5.03. The molecule has 2 aliphatic carbocycles. The summed E-state index contributed by atoms with van der Waals surface area (Å²) >= 11 is 0. The smallest absolute Gasteiger partial charge is 0.269 e. The Balaban J connectivity index is 0.793. The summed E-state index contributed by atoms with van der Waals surface area (Å²) < 4.78 is 13.8. The first-order valence-electron chi connectivity index (χ1n) is 34.1. The third-order valence-corrected chi connectivity index (χ3v) is 20.4. The molecule has 0 fully saturated rings. The van der Waals surface area contributed by atoms with Crippen molar-refractivity contribution >= 4 is 32.8 Å². The van der Waals surface area contributed by atoms with Crippen molar-refractivity contribution in [1.82, 2.24) is 14.1 Å². The van der Waals surface area contributed by atoms with Gasteiger partial charge in [-0.3, -0.25) is 13.7 Å². The van der Waals surface area contributed by atoms with E-state index in [4.69, 9.17) is 9.72 Å². The molecule has 0 unspecified atom stereocenters. The van der Waals surface area contributed by atoms with E-state index in [1.54, 1.807) is 0 Å². The first-order valence-corrected chi connectivity index (χ1v) is 34.1. The molecule has 0 spiro atoms. The maximum Gasteiger partial charge on any atom is 0.269 e. The molecule has 3 heterocycles. The summed E-state index contributed by atoms with van der Waals surface area (Å²) in [6.45, 7) is 6.75. The van der Waals surface area contributed by atoms with Gasteiger partial charge in [0.1, 0.15) is 17.3 Å². The highest BCUT2D eigenvalue weighted by molar-refractivity contribution is 6.11. The van der Waals surface area contributed by atoms with Gasteiger partial charge in [0.05, 0.1) is 33.4 Å². The maximum absolute atomic E-state index is 7.05. The van der Waals surface area contributed by atoms with Crippen molar-refractivity contribution in [3.63, 3.8) is 0 Å². The van der Waals surface area contributed by atoms with Crippen LogP contribution in [0.25, 0.3) is 172 Å². The molecule has 0 saturated carbocycles. The van der Waals surface area contributed by atoms with E-state index in [9.17, 15) is 0 Å². The second-order valence-electron chi connectivity index (χ2n) is 27.1. The van der Waals surface area contributed by atoms with Gasteiger partial charge in [-0.2, -0.15) is 0 Å². The van der Waals surface area contributed by atoms with E-state index in [2.05, 4.69) is 362 Å². The van der Waals surface area contributed by atoms with Crippen molar-refractivity contribution in [2.75, 3.05) is 0 Å². The number of hydrogen-bond donors (Lipinski definition) is 0. The van der Waals surface area contributed by atoms with Gasteiger partial charge in [0.25, 0.3) is 6.33 Å². The Labute approximate surface area is 575 Å². The molecule has 3 aromatic heterocycles. The van der Waals surface area contributed by atoms with E-state index in [1.165, 1.54) is 100 Å². The third-order valence-electron chi connectivity index (χ3n) is 20.4. The Morgan fingerprint density at radius 3 is 1.30 bits per heavy atom. The molecule has 5 heteroatoms. The van der Waals surface area contributed by atoms with Crippen molar-refractivity contribution in [3.8, 4) is 151 Å². The third kappa shape index (κ3) is 9.60. The zero-order valence-electron chi connectivity index (χ0n) is 55.0. The number of benzene rings is 14. The van der Waals surface area contributed by atoms with Crippen LogP contribution in [0.3, 0.4) is 0 Å². The van der Waals surface area contributed by atoms with Crippen molar-refractivity contribution in [2.45, 2.75) is 26.2 Å². The van der Waals surface area contributed by atoms with Gasteiger partial charge in [0, 0.05) is 23.0 Å². The molecule has 0 amide bonds. The number of rotatable bonds is 8. The number of fused-ring (bicyclic) bond motifs is 20. The minimum Gasteiger partial charge on any atom is -0.458 e. The fourth-order valence-corrected chi connectivity index (χ4v) is 15.7. The molecule has 0 bridgehead atoms.